The lowest BCUT2D eigenvalue weighted by atomic mass is 10.1. The topological polar surface area (TPSA) is 28.4 Å². The lowest BCUT2D eigenvalue weighted by molar-refractivity contribution is 0.249. The smallest absolute Gasteiger partial charge is 0.118 e. The van der Waals surface area contributed by atoms with E-state index in [1.54, 1.807) is 0 Å². The van der Waals surface area contributed by atoms with Crippen LogP contribution in [0.2, 0.25) is 0 Å². The van der Waals surface area contributed by atoms with Gasteiger partial charge in [-0.05, 0) is 45.3 Å². The molecule has 1 heterocycles. The minimum Gasteiger partial charge on any atom is -0.465 e. The molecule has 0 saturated heterocycles. The van der Waals surface area contributed by atoms with Gasteiger partial charge >= 0.3 is 0 Å². The van der Waals surface area contributed by atoms with Gasteiger partial charge < -0.3 is 9.73 Å². The third-order valence-electron chi connectivity index (χ3n) is 4.11. The molecule has 0 unspecified atom stereocenters. The molecule has 1 saturated carbocycles. The van der Waals surface area contributed by atoms with Gasteiger partial charge in [-0.3, -0.25) is 4.90 Å². The second-order valence-corrected chi connectivity index (χ2v) is 5.92. The normalized spacial score (nSPS) is 16.6. The number of aryl methyl sites for hydroxylation is 1. The van der Waals surface area contributed by atoms with Gasteiger partial charge in [0.15, 0.2) is 0 Å². The second kappa shape index (κ2) is 7.11. The van der Waals surface area contributed by atoms with Gasteiger partial charge in [-0.1, -0.05) is 19.8 Å². The fraction of sp³-hybridized carbons (Fsp3) is 0.750. The summed E-state index contributed by atoms with van der Waals surface area (Å²) >= 11 is 0. The monoisotopic (exact) mass is 264 g/mol. The molecule has 3 nitrogen and oxygen atoms in total. The van der Waals surface area contributed by atoms with Gasteiger partial charge in [0.2, 0.25) is 0 Å². The molecule has 3 heteroatoms. The predicted octanol–water partition coefficient (Wildman–Crippen LogP) is 3.32. The molecule has 0 amide bonds. The summed E-state index contributed by atoms with van der Waals surface area (Å²) in [6.07, 6.45) is 5.66. The fourth-order valence-electron chi connectivity index (χ4n) is 3.06. The van der Waals surface area contributed by atoms with Crippen LogP contribution in [0.4, 0.5) is 0 Å². The molecule has 1 aliphatic carbocycles. The first kappa shape index (κ1) is 14.6. The highest BCUT2D eigenvalue weighted by atomic mass is 16.3. The Morgan fingerprint density at radius 2 is 2.11 bits per heavy atom. The van der Waals surface area contributed by atoms with Crippen LogP contribution in [0.3, 0.4) is 0 Å². The molecule has 0 bridgehead atoms. The summed E-state index contributed by atoms with van der Waals surface area (Å²) in [7, 11) is 2.21. The maximum absolute atomic E-state index is 5.87. The molecule has 19 heavy (non-hydrogen) atoms. The van der Waals surface area contributed by atoms with E-state index in [9.17, 15) is 0 Å². The minimum atomic E-state index is 0.905. The maximum Gasteiger partial charge on any atom is 0.118 e. The predicted molar refractivity (Wildman–Crippen MR) is 79.1 cm³/mol. The first-order chi connectivity index (χ1) is 9.19. The molecule has 1 aliphatic rings. The number of nitrogens with zero attached hydrogens (tertiary/aromatic N) is 1. The maximum atomic E-state index is 5.87. The summed E-state index contributed by atoms with van der Waals surface area (Å²) < 4.78 is 5.87. The molecule has 2 rings (SSSR count). The summed E-state index contributed by atoms with van der Waals surface area (Å²) in [5, 5.41) is 3.36. The Balaban J connectivity index is 1.83. The standard InChI is InChI=1S/C16H28N2O/c1-4-17-10-15-9-16(19-13(15)2)12-18(3)11-14-7-5-6-8-14/h9,14,17H,4-8,10-12H2,1-3H3. The van der Waals surface area contributed by atoms with Crippen LogP contribution >= 0.6 is 0 Å². The lowest BCUT2D eigenvalue weighted by Gasteiger charge is -2.19. The quantitative estimate of drug-likeness (QED) is 0.819. The van der Waals surface area contributed by atoms with E-state index in [1.807, 2.05) is 0 Å². The summed E-state index contributed by atoms with van der Waals surface area (Å²) in [6.45, 7) is 8.25. The third-order valence-corrected chi connectivity index (χ3v) is 4.11. The highest BCUT2D eigenvalue weighted by molar-refractivity contribution is 5.20. The highest BCUT2D eigenvalue weighted by Gasteiger charge is 2.17. The molecule has 0 spiro atoms. The molecule has 0 aliphatic heterocycles. The molecule has 1 N–H and O–H groups in total. The average Bonchev–Trinajstić information content (AvgIpc) is 2.97. The van der Waals surface area contributed by atoms with E-state index in [-0.39, 0.29) is 0 Å². The third kappa shape index (κ3) is 4.36. The van der Waals surface area contributed by atoms with Crippen molar-refractivity contribution in [2.24, 2.45) is 5.92 Å². The van der Waals surface area contributed by atoms with Gasteiger partial charge in [-0.2, -0.15) is 0 Å². The average molecular weight is 264 g/mol. The van der Waals surface area contributed by atoms with Crippen molar-refractivity contribution in [3.8, 4) is 0 Å². The summed E-state index contributed by atoms with van der Waals surface area (Å²) in [5.41, 5.74) is 1.30. The SMILES string of the molecule is CCNCc1cc(CN(C)CC2CCCC2)oc1C. The number of furan rings is 1. The zero-order valence-corrected chi connectivity index (χ0v) is 12.7. The van der Waals surface area contributed by atoms with Crippen LogP contribution in [0, 0.1) is 12.8 Å². The number of nitrogens with one attached hydrogen (secondary N) is 1. The molecule has 108 valence electrons. The van der Waals surface area contributed by atoms with Gasteiger partial charge in [0.05, 0.1) is 6.54 Å². The van der Waals surface area contributed by atoms with E-state index < -0.39 is 0 Å². The molecular weight excluding hydrogens is 236 g/mol. The van der Waals surface area contributed by atoms with Crippen molar-refractivity contribution >= 4 is 0 Å². The Bertz CT molecular complexity index is 380. The molecule has 0 radical (unpaired) electrons. The van der Waals surface area contributed by atoms with Crippen LogP contribution in [0.15, 0.2) is 10.5 Å². The van der Waals surface area contributed by atoms with Gasteiger partial charge in [0, 0.05) is 18.7 Å². The van der Waals surface area contributed by atoms with E-state index in [1.165, 1.54) is 37.8 Å². The van der Waals surface area contributed by atoms with Crippen molar-refractivity contribution in [1.82, 2.24) is 10.2 Å². The summed E-state index contributed by atoms with van der Waals surface area (Å²) in [6, 6.07) is 2.21. The van der Waals surface area contributed by atoms with Crippen LogP contribution < -0.4 is 5.32 Å². The molecule has 1 aromatic rings. The van der Waals surface area contributed by atoms with E-state index in [2.05, 4.69) is 37.2 Å². The molecule has 0 aromatic carbocycles. The first-order valence-electron chi connectivity index (χ1n) is 7.66. The van der Waals surface area contributed by atoms with E-state index >= 15 is 0 Å². The Morgan fingerprint density at radius 3 is 2.79 bits per heavy atom. The Kier molecular flexibility index (Phi) is 5.46. The zero-order chi connectivity index (χ0) is 13.7. The van der Waals surface area contributed by atoms with E-state index in [0.717, 1.165) is 37.1 Å². The summed E-state index contributed by atoms with van der Waals surface area (Å²) in [5.74, 6) is 3.07. The van der Waals surface area contributed by atoms with Crippen LogP contribution in [-0.2, 0) is 13.1 Å². The number of rotatable bonds is 7. The van der Waals surface area contributed by atoms with Crippen LogP contribution in [-0.4, -0.2) is 25.0 Å². The van der Waals surface area contributed by atoms with Crippen molar-refractivity contribution in [2.45, 2.75) is 52.6 Å². The molecule has 1 aromatic heterocycles. The van der Waals surface area contributed by atoms with Crippen molar-refractivity contribution in [1.29, 1.82) is 0 Å². The Hall–Kier alpha value is -0.800. The van der Waals surface area contributed by atoms with Crippen molar-refractivity contribution in [3.63, 3.8) is 0 Å². The van der Waals surface area contributed by atoms with Gasteiger partial charge in [0.25, 0.3) is 0 Å². The number of hydrogen-bond acceptors (Lipinski definition) is 3. The van der Waals surface area contributed by atoms with E-state index in [4.69, 9.17) is 4.42 Å². The minimum absolute atomic E-state index is 0.905. The van der Waals surface area contributed by atoms with Crippen LogP contribution in [0.1, 0.15) is 49.7 Å². The largest absolute Gasteiger partial charge is 0.465 e. The second-order valence-electron chi connectivity index (χ2n) is 5.92. The fourth-order valence-corrected chi connectivity index (χ4v) is 3.06. The van der Waals surface area contributed by atoms with Gasteiger partial charge in [0.1, 0.15) is 11.5 Å². The molecule has 0 atom stereocenters. The Labute approximate surface area is 117 Å². The summed E-state index contributed by atoms with van der Waals surface area (Å²) in [4.78, 5) is 2.41. The van der Waals surface area contributed by atoms with Gasteiger partial charge in [-0.15, -0.1) is 0 Å². The van der Waals surface area contributed by atoms with Crippen LogP contribution in [0.25, 0.3) is 0 Å². The van der Waals surface area contributed by atoms with Gasteiger partial charge in [-0.25, -0.2) is 0 Å². The van der Waals surface area contributed by atoms with Crippen LogP contribution in [0.5, 0.6) is 0 Å². The highest BCUT2D eigenvalue weighted by Crippen LogP contribution is 2.25. The molecule has 1 fully saturated rings. The Morgan fingerprint density at radius 1 is 1.37 bits per heavy atom. The molecular formula is C16H28N2O. The lowest BCUT2D eigenvalue weighted by Crippen LogP contribution is -2.23. The van der Waals surface area contributed by atoms with Crippen molar-refractivity contribution in [3.05, 3.63) is 23.2 Å². The zero-order valence-electron chi connectivity index (χ0n) is 12.7. The van der Waals surface area contributed by atoms with E-state index in [0.29, 0.717) is 0 Å². The number of hydrogen-bond donors (Lipinski definition) is 1. The van der Waals surface area contributed by atoms with Crippen molar-refractivity contribution in [2.75, 3.05) is 20.1 Å². The first-order valence-corrected chi connectivity index (χ1v) is 7.66. The van der Waals surface area contributed by atoms with Crippen molar-refractivity contribution < 1.29 is 4.42 Å².